The maximum Gasteiger partial charge on any atom is 0.433 e. The first kappa shape index (κ1) is 15.5. The molecule has 0 aliphatic heterocycles. The van der Waals surface area contributed by atoms with Crippen LogP contribution in [0.1, 0.15) is 39.8 Å². The van der Waals surface area contributed by atoms with Crippen molar-refractivity contribution < 1.29 is 13.2 Å². The summed E-state index contributed by atoms with van der Waals surface area (Å²) in [6, 6.07) is 0.919. The number of aromatic nitrogens is 2. The average Bonchev–Trinajstić information content (AvgIpc) is 2.22. The molecule has 1 rings (SSSR count). The minimum Gasteiger partial charge on any atom is -0.365 e. The Morgan fingerprint density at radius 3 is 2.26 bits per heavy atom. The standard InChI is InChI=1S/C12H19F3N4/c1-5-6-16-10-17-8(12(13,14)15)7-9(18-10)19-11(2,3)4/h7H,5-6H2,1-4H3,(H2,16,17,18,19). The van der Waals surface area contributed by atoms with E-state index in [-0.39, 0.29) is 17.3 Å². The second kappa shape index (κ2) is 5.63. The van der Waals surface area contributed by atoms with E-state index >= 15 is 0 Å². The summed E-state index contributed by atoms with van der Waals surface area (Å²) in [6.45, 7) is 7.98. The highest BCUT2D eigenvalue weighted by molar-refractivity contribution is 5.44. The molecule has 0 aromatic carbocycles. The molecule has 0 saturated heterocycles. The Kier molecular flexibility index (Phi) is 4.60. The Hall–Kier alpha value is -1.53. The molecule has 1 heterocycles. The Balaban J connectivity index is 3.09. The molecule has 0 radical (unpaired) electrons. The molecular formula is C12H19F3N4. The van der Waals surface area contributed by atoms with Gasteiger partial charge in [0.2, 0.25) is 5.95 Å². The zero-order valence-electron chi connectivity index (χ0n) is 11.5. The zero-order chi connectivity index (χ0) is 14.7. The minimum atomic E-state index is -4.49. The van der Waals surface area contributed by atoms with E-state index in [4.69, 9.17) is 0 Å². The average molecular weight is 276 g/mol. The summed E-state index contributed by atoms with van der Waals surface area (Å²) in [6.07, 6.45) is -3.71. The lowest BCUT2D eigenvalue weighted by molar-refractivity contribution is -0.141. The van der Waals surface area contributed by atoms with Gasteiger partial charge in [-0.05, 0) is 27.2 Å². The van der Waals surface area contributed by atoms with Gasteiger partial charge in [0.25, 0.3) is 0 Å². The molecule has 1 aromatic heterocycles. The molecular weight excluding hydrogens is 257 g/mol. The first-order valence-corrected chi connectivity index (χ1v) is 6.10. The smallest absolute Gasteiger partial charge is 0.365 e. The molecule has 0 spiro atoms. The van der Waals surface area contributed by atoms with Crippen LogP contribution in [0, 0.1) is 0 Å². The molecule has 19 heavy (non-hydrogen) atoms. The number of nitrogens with one attached hydrogen (secondary N) is 2. The molecule has 0 amide bonds. The van der Waals surface area contributed by atoms with E-state index in [9.17, 15) is 13.2 Å². The van der Waals surface area contributed by atoms with Crippen LogP contribution in [0.3, 0.4) is 0 Å². The van der Waals surface area contributed by atoms with Crippen LogP contribution in [0.15, 0.2) is 6.07 Å². The highest BCUT2D eigenvalue weighted by Gasteiger charge is 2.34. The van der Waals surface area contributed by atoms with Gasteiger partial charge >= 0.3 is 6.18 Å². The van der Waals surface area contributed by atoms with E-state index in [0.29, 0.717) is 6.54 Å². The van der Waals surface area contributed by atoms with Crippen LogP contribution in [-0.4, -0.2) is 22.1 Å². The maximum absolute atomic E-state index is 12.8. The molecule has 0 fully saturated rings. The zero-order valence-corrected chi connectivity index (χ0v) is 11.5. The van der Waals surface area contributed by atoms with Crippen molar-refractivity contribution in [3.63, 3.8) is 0 Å². The summed E-state index contributed by atoms with van der Waals surface area (Å²) < 4.78 is 38.3. The van der Waals surface area contributed by atoms with E-state index in [1.54, 1.807) is 0 Å². The fraction of sp³-hybridized carbons (Fsp3) is 0.667. The molecule has 2 N–H and O–H groups in total. The van der Waals surface area contributed by atoms with Gasteiger partial charge in [-0.1, -0.05) is 6.92 Å². The number of alkyl halides is 3. The van der Waals surface area contributed by atoms with Crippen molar-refractivity contribution in [1.82, 2.24) is 9.97 Å². The monoisotopic (exact) mass is 276 g/mol. The second-order valence-corrected chi connectivity index (χ2v) is 5.26. The van der Waals surface area contributed by atoms with Crippen LogP contribution in [0.2, 0.25) is 0 Å². The predicted molar refractivity (Wildman–Crippen MR) is 69.2 cm³/mol. The molecule has 0 unspecified atom stereocenters. The first-order chi connectivity index (χ1) is 8.62. The Morgan fingerprint density at radius 1 is 1.16 bits per heavy atom. The third-order valence-corrected chi connectivity index (χ3v) is 2.05. The highest BCUT2D eigenvalue weighted by Crippen LogP contribution is 2.30. The van der Waals surface area contributed by atoms with Gasteiger partial charge < -0.3 is 10.6 Å². The van der Waals surface area contributed by atoms with Crippen LogP contribution in [0.25, 0.3) is 0 Å². The van der Waals surface area contributed by atoms with E-state index in [1.165, 1.54) is 0 Å². The van der Waals surface area contributed by atoms with Gasteiger partial charge in [-0.25, -0.2) is 4.98 Å². The third-order valence-electron chi connectivity index (χ3n) is 2.05. The van der Waals surface area contributed by atoms with E-state index in [0.717, 1.165) is 12.5 Å². The van der Waals surface area contributed by atoms with Crippen molar-refractivity contribution in [1.29, 1.82) is 0 Å². The van der Waals surface area contributed by atoms with Gasteiger partial charge in [0.1, 0.15) is 5.82 Å². The molecule has 108 valence electrons. The van der Waals surface area contributed by atoms with Gasteiger partial charge in [-0.2, -0.15) is 18.2 Å². The Morgan fingerprint density at radius 2 is 1.79 bits per heavy atom. The van der Waals surface area contributed by atoms with Gasteiger partial charge in [-0.3, -0.25) is 0 Å². The van der Waals surface area contributed by atoms with Crippen LogP contribution in [-0.2, 0) is 6.18 Å². The quantitative estimate of drug-likeness (QED) is 0.883. The number of hydrogen-bond acceptors (Lipinski definition) is 4. The molecule has 0 atom stereocenters. The first-order valence-electron chi connectivity index (χ1n) is 6.10. The predicted octanol–water partition coefficient (Wildman–Crippen LogP) is 3.53. The lowest BCUT2D eigenvalue weighted by Gasteiger charge is -2.22. The van der Waals surface area contributed by atoms with Crippen molar-refractivity contribution in [2.45, 2.75) is 45.8 Å². The molecule has 0 aliphatic carbocycles. The molecule has 0 bridgehead atoms. The SMILES string of the molecule is CCCNc1nc(NC(C)(C)C)cc(C(F)(F)F)n1. The number of hydrogen-bond donors (Lipinski definition) is 2. The maximum atomic E-state index is 12.8. The second-order valence-electron chi connectivity index (χ2n) is 5.26. The number of anilines is 2. The van der Waals surface area contributed by atoms with Gasteiger partial charge in [-0.15, -0.1) is 0 Å². The highest BCUT2D eigenvalue weighted by atomic mass is 19.4. The van der Waals surface area contributed by atoms with Crippen molar-refractivity contribution in [2.24, 2.45) is 0 Å². The van der Waals surface area contributed by atoms with E-state index in [1.807, 2.05) is 27.7 Å². The number of rotatable bonds is 4. The number of nitrogens with zero attached hydrogens (tertiary/aromatic N) is 2. The van der Waals surface area contributed by atoms with E-state index < -0.39 is 11.9 Å². The summed E-state index contributed by atoms with van der Waals surface area (Å²) in [7, 11) is 0. The minimum absolute atomic E-state index is 0.0107. The summed E-state index contributed by atoms with van der Waals surface area (Å²) in [5.74, 6) is 0.150. The van der Waals surface area contributed by atoms with Crippen molar-refractivity contribution in [2.75, 3.05) is 17.2 Å². The van der Waals surface area contributed by atoms with Crippen molar-refractivity contribution in [3.8, 4) is 0 Å². The van der Waals surface area contributed by atoms with Crippen LogP contribution in [0.4, 0.5) is 24.9 Å². The van der Waals surface area contributed by atoms with Crippen LogP contribution < -0.4 is 10.6 Å². The summed E-state index contributed by atoms with van der Waals surface area (Å²) >= 11 is 0. The molecule has 7 heteroatoms. The largest absolute Gasteiger partial charge is 0.433 e. The third kappa shape index (κ3) is 5.32. The fourth-order valence-electron chi connectivity index (χ4n) is 1.36. The lowest BCUT2D eigenvalue weighted by atomic mass is 10.1. The van der Waals surface area contributed by atoms with E-state index in [2.05, 4.69) is 20.6 Å². The number of halogens is 3. The normalized spacial score (nSPS) is 12.4. The lowest BCUT2D eigenvalue weighted by Crippen LogP contribution is -2.27. The van der Waals surface area contributed by atoms with Gasteiger partial charge in [0.15, 0.2) is 5.69 Å². The molecule has 0 aliphatic rings. The molecule has 4 nitrogen and oxygen atoms in total. The van der Waals surface area contributed by atoms with Gasteiger partial charge in [0, 0.05) is 18.2 Å². The summed E-state index contributed by atoms with van der Waals surface area (Å²) in [4.78, 5) is 7.52. The summed E-state index contributed by atoms with van der Waals surface area (Å²) in [5.41, 5.74) is -1.33. The van der Waals surface area contributed by atoms with Crippen LogP contribution in [0.5, 0.6) is 0 Å². The molecule has 1 aromatic rings. The fourth-order valence-corrected chi connectivity index (χ4v) is 1.36. The van der Waals surface area contributed by atoms with Crippen molar-refractivity contribution >= 4 is 11.8 Å². The molecule has 0 saturated carbocycles. The topological polar surface area (TPSA) is 49.8 Å². The summed E-state index contributed by atoms with van der Waals surface area (Å²) in [5, 5.41) is 5.69. The Labute approximate surface area is 110 Å². The van der Waals surface area contributed by atoms with Crippen molar-refractivity contribution in [3.05, 3.63) is 11.8 Å². The van der Waals surface area contributed by atoms with Crippen LogP contribution >= 0.6 is 0 Å². The Bertz CT molecular complexity index is 424. The van der Waals surface area contributed by atoms with Gasteiger partial charge in [0.05, 0.1) is 0 Å².